The van der Waals surface area contributed by atoms with E-state index in [0.717, 1.165) is 11.1 Å². The van der Waals surface area contributed by atoms with Gasteiger partial charge < -0.3 is 5.32 Å². The van der Waals surface area contributed by atoms with Crippen molar-refractivity contribution in [3.8, 4) is 11.3 Å². The van der Waals surface area contributed by atoms with Crippen molar-refractivity contribution in [2.45, 2.75) is 5.16 Å². The van der Waals surface area contributed by atoms with Gasteiger partial charge in [0.2, 0.25) is 5.91 Å². The van der Waals surface area contributed by atoms with Crippen LogP contribution in [0.3, 0.4) is 0 Å². The highest BCUT2D eigenvalue weighted by molar-refractivity contribution is 7.99. The van der Waals surface area contributed by atoms with Crippen molar-refractivity contribution in [1.29, 1.82) is 0 Å². The molecule has 1 amide bonds. The summed E-state index contributed by atoms with van der Waals surface area (Å²) in [7, 11) is 0. The number of hydrogen-bond acceptors (Lipinski definition) is 5. The van der Waals surface area contributed by atoms with E-state index in [1.54, 1.807) is 57.7 Å². The highest BCUT2D eigenvalue weighted by Gasteiger charge is 2.14. The predicted molar refractivity (Wildman–Crippen MR) is 118 cm³/mol. The standard InChI is InChI=1S/C21H14ClFN6OS/c22-15-3-1-2-4-16(15)24-19(30)12-31-21-26-25-20-18-11-17(13-5-7-14(23)8-6-13)27-29(18)10-9-28(20)21/h1-11H,12H2,(H,24,30). The fourth-order valence-corrected chi connectivity index (χ4v) is 4.03. The summed E-state index contributed by atoms with van der Waals surface area (Å²) < 4.78 is 16.7. The molecular formula is C21H14ClFN6OS. The lowest BCUT2D eigenvalue weighted by Crippen LogP contribution is -2.14. The highest BCUT2D eigenvalue weighted by atomic mass is 35.5. The van der Waals surface area contributed by atoms with Gasteiger partial charge in [0, 0.05) is 18.0 Å². The van der Waals surface area contributed by atoms with Crippen LogP contribution in [0.4, 0.5) is 10.1 Å². The Labute approximate surface area is 184 Å². The molecule has 3 heterocycles. The second kappa shape index (κ2) is 8.01. The maximum absolute atomic E-state index is 13.2. The van der Waals surface area contributed by atoms with Gasteiger partial charge in [-0.15, -0.1) is 10.2 Å². The van der Waals surface area contributed by atoms with Crippen LogP contribution in [0, 0.1) is 5.82 Å². The molecule has 5 aromatic rings. The number of para-hydroxylation sites is 1. The third kappa shape index (κ3) is 3.85. The Morgan fingerprint density at radius 2 is 1.90 bits per heavy atom. The van der Waals surface area contributed by atoms with E-state index in [1.165, 1.54) is 23.9 Å². The molecule has 154 valence electrons. The molecular weight excluding hydrogens is 439 g/mol. The molecule has 10 heteroatoms. The first kappa shape index (κ1) is 19.5. The van der Waals surface area contributed by atoms with Gasteiger partial charge in [0.05, 0.1) is 22.2 Å². The Morgan fingerprint density at radius 3 is 2.71 bits per heavy atom. The zero-order valence-electron chi connectivity index (χ0n) is 15.9. The van der Waals surface area contributed by atoms with E-state index >= 15 is 0 Å². The molecule has 0 radical (unpaired) electrons. The van der Waals surface area contributed by atoms with Crippen LogP contribution in [0.25, 0.3) is 22.4 Å². The third-order valence-electron chi connectivity index (χ3n) is 4.61. The van der Waals surface area contributed by atoms with Gasteiger partial charge >= 0.3 is 0 Å². The normalized spacial score (nSPS) is 11.3. The van der Waals surface area contributed by atoms with Gasteiger partial charge in [0.15, 0.2) is 10.8 Å². The minimum Gasteiger partial charge on any atom is -0.324 e. The van der Waals surface area contributed by atoms with Gasteiger partial charge in [-0.05, 0) is 42.5 Å². The Balaban J connectivity index is 1.38. The molecule has 0 aliphatic heterocycles. The zero-order valence-corrected chi connectivity index (χ0v) is 17.4. The number of aromatic nitrogens is 5. The van der Waals surface area contributed by atoms with Crippen molar-refractivity contribution in [2.24, 2.45) is 0 Å². The Kier molecular flexibility index (Phi) is 5.05. The van der Waals surface area contributed by atoms with Crippen LogP contribution in [0.15, 0.2) is 72.1 Å². The average Bonchev–Trinajstić information content (AvgIpc) is 3.38. The van der Waals surface area contributed by atoms with Crippen molar-refractivity contribution < 1.29 is 9.18 Å². The van der Waals surface area contributed by atoms with E-state index in [-0.39, 0.29) is 17.5 Å². The number of nitrogens with one attached hydrogen (secondary N) is 1. The molecule has 31 heavy (non-hydrogen) atoms. The first-order valence-corrected chi connectivity index (χ1v) is 10.6. The fraction of sp³-hybridized carbons (Fsp3) is 0.0476. The summed E-state index contributed by atoms with van der Waals surface area (Å²) in [6.07, 6.45) is 3.57. The summed E-state index contributed by atoms with van der Waals surface area (Å²) in [5, 5.41) is 16.9. The molecule has 7 nitrogen and oxygen atoms in total. The van der Waals surface area contributed by atoms with Gasteiger partial charge in [-0.2, -0.15) is 5.10 Å². The summed E-state index contributed by atoms with van der Waals surface area (Å²) in [5.41, 5.74) is 3.42. The van der Waals surface area contributed by atoms with E-state index in [2.05, 4.69) is 20.6 Å². The molecule has 2 aromatic carbocycles. The molecule has 0 fully saturated rings. The molecule has 0 unspecified atom stereocenters. The number of anilines is 1. The first-order chi connectivity index (χ1) is 15.1. The van der Waals surface area contributed by atoms with Gasteiger partial charge in [-0.3, -0.25) is 9.20 Å². The van der Waals surface area contributed by atoms with Crippen molar-refractivity contribution in [3.63, 3.8) is 0 Å². The number of carbonyl (C=O) groups is 1. The van der Waals surface area contributed by atoms with Crippen molar-refractivity contribution in [3.05, 3.63) is 77.8 Å². The van der Waals surface area contributed by atoms with E-state index < -0.39 is 0 Å². The van der Waals surface area contributed by atoms with Crippen molar-refractivity contribution in [1.82, 2.24) is 24.2 Å². The van der Waals surface area contributed by atoms with E-state index in [4.69, 9.17) is 11.6 Å². The molecule has 0 aliphatic rings. The smallest absolute Gasteiger partial charge is 0.234 e. The molecule has 0 spiro atoms. The molecule has 1 N–H and O–H groups in total. The summed E-state index contributed by atoms with van der Waals surface area (Å²) in [5.74, 6) is -0.344. The monoisotopic (exact) mass is 452 g/mol. The van der Waals surface area contributed by atoms with Crippen molar-refractivity contribution in [2.75, 3.05) is 11.1 Å². The predicted octanol–water partition coefficient (Wildman–Crippen LogP) is 4.57. The lowest BCUT2D eigenvalue weighted by Gasteiger charge is -2.06. The Hall–Kier alpha value is -3.43. The summed E-state index contributed by atoms with van der Waals surface area (Å²) in [6, 6.07) is 15.1. The number of thioether (sulfide) groups is 1. The van der Waals surface area contributed by atoms with Crippen LogP contribution >= 0.6 is 23.4 Å². The van der Waals surface area contributed by atoms with Crippen LogP contribution < -0.4 is 5.32 Å². The lowest BCUT2D eigenvalue weighted by molar-refractivity contribution is -0.113. The number of benzene rings is 2. The van der Waals surface area contributed by atoms with E-state index in [1.807, 2.05) is 6.07 Å². The minimum atomic E-state index is -0.299. The summed E-state index contributed by atoms with van der Waals surface area (Å²) in [4.78, 5) is 12.3. The molecule has 0 atom stereocenters. The maximum atomic E-state index is 13.2. The van der Waals surface area contributed by atoms with Crippen molar-refractivity contribution >= 4 is 46.1 Å². The molecule has 3 aromatic heterocycles. The summed E-state index contributed by atoms with van der Waals surface area (Å²) in [6.45, 7) is 0. The first-order valence-electron chi connectivity index (χ1n) is 9.25. The highest BCUT2D eigenvalue weighted by Crippen LogP contribution is 2.25. The van der Waals surface area contributed by atoms with Gasteiger partial charge in [0.1, 0.15) is 11.3 Å². The number of carbonyl (C=O) groups excluding carboxylic acids is 1. The van der Waals surface area contributed by atoms with Crippen LogP contribution in [0.5, 0.6) is 0 Å². The number of rotatable bonds is 5. The molecule has 0 bridgehead atoms. The van der Waals surface area contributed by atoms with Gasteiger partial charge in [-0.1, -0.05) is 35.5 Å². The Bertz CT molecular complexity index is 1410. The molecule has 0 saturated carbocycles. The second-order valence-corrected chi connectivity index (χ2v) is 8.01. The lowest BCUT2D eigenvalue weighted by atomic mass is 10.1. The van der Waals surface area contributed by atoms with Crippen LogP contribution in [0.2, 0.25) is 5.02 Å². The number of amides is 1. The summed E-state index contributed by atoms with van der Waals surface area (Å²) >= 11 is 7.35. The van der Waals surface area contributed by atoms with E-state index in [0.29, 0.717) is 27.2 Å². The molecule has 0 saturated heterocycles. The second-order valence-electron chi connectivity index (χ2n) is 6.66. The Morgan fingerprint density at radius 1 is 1.10 bits per heavy atom. The topological polar surface area (TPSA) is 76.6 Å². The van der Waals surface area contributed by atoms with Gasteiger partial charge in [0.25, 0.3) is 0 Å². The maximum Gasteiger partial charge on any atom is 0.234 e. The zero-order chi connectivity index (χ0) is 21.4. The number of nitrogens with zero attached hydrogens (tertiary/aromatic N) is 5. The largest absolute Gasteiger partial charge is 0.324 e. The van der Waals surface area contributed by atoms with Crippen LogP contribution in [-0.4, -0.2) is 35.9 Å². The molecule has 0 aliphatic carbocycles. The number of halogens is 2. The van der Waals surface area contributed by atoms with Gasteiger partial charge in [-0.25, -0.2) is 8.91 Å². The van der Waals surface area contributed by atoms with Crippen LogP contribution in [0.1, 0.15) is 0 Å². The fourth-order valence-electron chi connectivity index (χ4n) is 3.13. The SMILES string of the molecule is O=C(CSc1nnc2c3cc(-c4ccc(F)cc4)nn3ccn12)Nc1ccccc1Cl. The quantitative estimate of drug-likeness (QED) is 0.395. The number of hydrogen-bond donors (Lipinski definition) is 1. The average molecular weight is 453 g/mol. The minimum absolute atomic E-state index is 0.150. The molecule has 5 rings (SSSR count). The third-order valence-corrected chi connectivity index (χ3v) is 5.88. The van der Waals surface area contributed by atoms with Crippen LogP contribution in [-0.2, 0) is 4.79 Å². The van der Waals surface area contributed by atoms with E-state index in [9.17, 15) is 9.18 Å². The number of fused-ring (bicyclic) bond motifs is 3.